The second-order valence-electron chi connectivity index (χ2n) is 11.4. The molecule has 1 aliphatic carbocycles. The van der Waals surface area contributed by atoms with Gasteiger partial charge in [0.15, 0.2) is 5.69 Å². The molecule has 226 valence electrons. The normalized spacial score (nSPS) is 20.7. The summed E-state index contributed by atoms with van der Waals surface area (Å²) in [6, 6.07) is 4.34. The molecule has 2 aliphatic heterocycles. The van der Waals surface area contributed by atoms with E-state index in [4.69, 9.17) is 0 Å². The van der Waals surface area contributed by atoms with Crippen molar-refractivity contribution in [1.29, 1.82) is 0 Å². The topological polar surface area (TPSA) is 166 Å². The fraction of sp³-hybridized carbons (Fsp3) is 0.500. The molecule has 3 heterocycles. The highest BCUT2D eigenvalue weighted by molar-refractivity contribution is 6.35. The van der Waals surface area contributed by atoms with Gasteiger partial charge in [0.05, 0.1) is 12.1 Å². The Morgan fingerprint density at radius 1 is 1.07 bits per heavy atom. The fourth-order valence-corrected chi connectivity index (χ4v) is 5.45. The second-order valence-corrected chi connectivity index (χ2v) is 11.4. The summed E-state index contributed by atoms with van der Waals surface area (Å²) >= 11 is 0. The van der Waals surface area contributed by atoms with Crippen LogP contribution < -0.4 is 21.5 Å². The lowest BCUT2D eigenvalue weighted by Gasteiger charge is -2.42. The number of carbonyl (C=O) groups excluding carboxylic acids is 4. The molecule has 5 rings (SSSR count). The molecule has 3 aliphatic rings. The largest absolute Gasteiger partial charge is 0.501 e. The summed E-state index contributed by atoms with van der Waals surface area (Å²) < 4.78 is 14.9. The van der Waals surface area contributed by atoms with E-state index in [0.29, 0.717) is 24.0 Å². The minimum absolute atomic E-state index is 0.00167. The van der Waals surface area contributed by atoms with E-state index in [2.05, 4.69) is 20.9 Å². The van der Waals surface area contributed by atoms with Gasteiger partial charge in [0, 0.05) is 46.8 Å². The van der Waals surface area contributed by atoms with E-state index in [1.165, 1.54) is 35.7 Å². The van der Waals surface area contributed by atoms with Gasteiger partial charge in [0.25, 0.3) is 11.5 Å². The average molecular weight is 586 g/mol. The molecule has 4 amide bonds. The molecule has 1 saturated carbocycles. The predicted molar refractivity (Wildman–Crippen MR) is 149 cm³/mol. The van der Waals surface area contributed by atoms with Gasteiger partial charge in [0.1, 0.15) is 11.6 Å². The molecule has 2 bridgehead atoms. The van der Waals surface area contributed by atoms with Crippen molar-refractivity contribution >= 4 is 23.6 Å². The molecule has 1 aromatic carbocycles. The van der Waals surface area contributed by atoms with Crippen molar-refractivity contribution in [1.82, 2.24) is 35.3 Å². The monoisotopic (exact) mass is 585 g/mol. The van der Waals surface area contributed by atoms with E-state index in [9.17, 15) is 33.5 Å². The van der Waals surface area contributed by atoms with E-state index < -0.39 is 51.6 Å². The molecular weight excluding hydrogens is 549 g/mol. The molecule has 42 heavy (non-hydrogen) atoms. The number of fused-ring (bicyclic) bond motifs is 2. The molecule has 1 aromatic heterocycles. The quantitative estimate of drug-likeness (QED) is 0.323. The summed E-state index contributed by atoms with van der Waals surface area (Å²) in [5.41, 5.74) is -2.49. The Morgan fingerprint density at radius 2 is 1.74 bits per heavy atom. The maximum atomic E-state index is 13.7. The van der Waals surface area contributed by atoms with Crippen molar-refractivity contribution in [2.24, 2.45) is 0 Å². The molecule has 13 nitrogen and oxygen atoms in total. The van der Waals surface area contributed by atoms with Crippen LogP contribution in [0.25, 0.3) is 0 Å². The van der Waals surface area contributed by atoms with E-state index in [1.807, 2.05) is 0 Å². The van der Waals surface area contributed by atoms with Crippen molar-refractivity contribution in [3.63, 3.8) is 0 Å². The van der Waals surface area contributed by atoms with Crippen LogP contribution in [0.2, 0.25) is 0 Å². The first kappa shape index (κ1) is 30.6. The lowest BCUT2D eigenvalue weighted by atomic mass is 9.73. The smallest absolute Gasteiger partial charge is 0.311 e. The lowest BCUT2D eigenvalue weighted by molar-refractivity contribution is -0.145. The highest BCUT2D eigenvalue weighted by atomic mass is 19.1. The number of amides is 4. The van der Waals surface area contributed by atoms with Crippen LogP contribution in [-0.2, 0) is 33.0 Å². The highest BCUT2D eigenvalue weighted by Gasteiger charge is 2.52. The minimum Gasteiger partial charge on any atom is -0.501 e. The third-order valence-corrected chi connectivity index (χ3v) is 8.05. The Kier molecular flexibility index (Phi) is 8.39. The van der Waals surface area contributed by atoms with Crippen LogP contribution in [0.5, 0.6) is 5.75 Å². The predicted octanol–water partition coefficient (Wildman–Crippen LogP) is -0.270. The van der Waals surface area contributed by atoms with E-state index in [0.717, 1.165) is 4.90 Å². The van der Waals surface area contributed by atoms with Gasteiger partial charge >= 0.3 is 11.8 Å². The zero-order chi connectivity index (χ0) is 31.0. The van der Waals surface area contributed by atoms with Crippen LogP contribution in [0.4, 0.5) is 4.39 Å². The number of rotatable bonds is 7. The van der Waals surface area contributed by atoms with Gasteiger partial charge in [-0.1, -0.05) is 12.1 Å². The first-order valence-electron chi connectivity index (χ1n) is 13.5. The molecule has 0 spiro atoms. The molecule has 2 aromatic rings. The van der Waals surface area contributed by atoms with Gasteiger partial charge in [0.2, 0.25) is 11.7 Å². The number of hydrogen-bond donors (Lipinski definition) is 4. The van der Waals surface area contributed by atoms with Crippen molar-refractivity contribution in [3.05, 3.63) is 57.0 Å². The second kappa shape index (κ2) is 11.5. The zero-order valence-electron chi connectivity index (χ0n) is 24.3. The first-order chi connectivity index (χ1) is 19.7. The number of aromatic nitrogens is 2. The highest BCUT2D eigenvalue weighted by Crippen LogP contribution is 2.45. The van der Waals surface area contributed by atoms with Gasteiger partial charge in [-0.3, -0.25) is 28.5 Å². The standard InChI is InChI=1S/C28H36FN7O6/c1-16-12-17(6-7-18(16)29)13-30-22(39)20-21(38)24(41)36-15-27(31-14-19(37)34(2)3)8-10-28(11-9-27,26(36)32-20)33-23(40)25(42)35(4)5/h6-7,12,31,38H,8-11,13-15H2,1-5H3,(H,30,39)(H,33,40). The summed E-state index contributed by atoms with van der Waals surface area (Å²) in [7, 11) is 6.13. The van der Waals surface area contributed by atoms with E-state index in [1.54, 1.807) is 27.1 Å². The Labute approximate surface area is 242 Å². The first-order valence-corrected chi connectivity index (χ1v) is 13.5. The van der Waals surface area contributed by atoms with Crippen LogP contribution in [0.15, 0.2) is 23.0 Å². The number of nitrogens with zero attached hydrogens (tertiary/aromatic N) is 4. The van der Waals surface area contributed by atoms with Crippen LogP contribution >= 0.6 is 0 Å². The number of likely N-dealkylation sites (N-methyl/N-ethyl adjacent to an activating group) is 2. The molecule has 1 fully saturated rings. The Morgan fingerprint density at radius 3 is 2.33 bits per heavy atom. The summed E-state index contributed by atoms with van der Waals surface area (Å²) in [5, 5.41) is 19.5. The van der Waals surface area contributed by atoms with Crippen molar-refractivity contribution < 1.29 is 28.7 Å². The van der Waals surface area contributed by atoms with Crippen molar-refractivity contribution in [2.45, 2.75) is 56.8 Å². The van der Waals surface area contributed by atoms with E-state index >= 15 is 0 Å². The van der Waals surface area contributed by atoms with Crippen LogP contribution in [0, 0.1) is 12.7 Å². The molecule has 14 heteroatoms. The van der Waals surface area contributed by atoms with Gasteiger partial charge in [-0.25, -0.2) is 9.37 Å². The van der Waals surface area contributed by atoms with Gasteiger partial charge in [-0.2, -0.15) is 0 Å². The Bertz CT molecular complexity index is 1490. The average Bonchev–Trinajstić information content (AvgIpc) is 3.16. The molecule has 0 atom stereocenters. The summed E-state index contributed by atoms with van der Waals surface area (Å²) in [6.07, 6.45) is 1.30. The summed E-state index contributed by atoms with van der Waals surface area (Å²) in [6.45, 7) is 1.57. The molecule has 4 N–H and O–H groups in total. The number of hydrogen-bond acceptors (Lipinski definition) is 8. The van der Waals surface area contributed by atoms with E-state index in [-0.39, 0.29) is 44.2 Å². The van der Waals surface area contributed by atoms with Crippen LogP contribution in [0.1, 0.15) is 53.1 Å². The van der Waals surface area contributed by atoms with Crippen molar-refractivity contribution in [3.8, 4) is 5.75 Å². The van der Waals surface area contributed by atoms with Gasteiger partial charge in [-0.15, -0.1) is 0 Å². The number of halogens is 1. The summed E-state index contributed by atoms with van der Waals surface area (Å²) in [5.74, 6) is -3.96. The molecule has 0 radical (unpaired) electrons. The van der Waals surface area contributed by atoms with Gasteiger partial charge in [-0.05, 0) is 49.8 Å². The van der Waals surface area contributed by atoms with Crippen molar-refractivity contribution in [2.75, 3.05) is 34.7 Å². The SMILES string of the molecule is Cc1cc(CNC(=O)c2nc3n(c(=O)c2O)CC2(NCC(=O)N(C)C)CCC3(NC(=O)C(=O)N(C)C)CC2)ccc1F. The van der Waals surface area contributed by atoms with Crippen LogP contribution in [-0.4, -0.2) is 88.4 Å². The Hall–Kier alpha value is -4.33. The van der Waals surface area contributed by atoms with Crippen LogP contribution in [0.3, 0.4) is 0 Å². The third-order valence-electron chi connectivity index (χ3n) is 8.05. The zero-order valence-corrected chi connectivity index (χ0v) is 24.3. The molecule has 0 saturated heterocycles. The molecule has 0 unspecified atom stereocenters. The number of benzene rings is 1. The number of aromatic hydroxyl groups is 1. The number of aryl methyl sites for hydroxylation is 1. The number of nitrogens with one attached hydrogen (secondary N) is 3. The summed E-state index contributed by atoms with van der Waals surface area (Å²) in [4.78, 5) is 71.6. The lowest BCUT2D eigenvalue weighted by Crippen LogP contribution is -2.57. The Balaban J connectivity index is 1.74. The minimum atomic E-state index is -1.30. The fourth-order valence-electron chi connectivity index (χ4n) is 5.45. The number of carbonyl (C=O) groups is 4. The maximum absolute atomic E-state index is 13.7. The van der Waals surface area contributed by atoms with Gasteiger partial charge < -0.3 is 30.9 Å². The molecular formula is C28H36FN7O6. The maximum Gasteiger partial charge on any atom is 0.311 e. The third kappa shape index (κ3) is 5.84.